The highest BCUT2D eigenvalue weighted by atomic mass is 19.2. The molecule has 0 aromatic heterocycles. The summed E-state index contributed by atoms with van der Waals surface area (Å²) >= 11 is 0. The molecule has 1 amide bonds. The van der Waals surface area contributed by atoms with Crippen molar-refractivity contribution in [3.8, 4) is 0 Å². The largest absolute Gasteiger partial charge is 0.381 e. The van der Waals surface area contributed by atoms with E-state index in [-0.39, 0.29) is 29.9 Å². The Kier molecular flexibility index (Phi) is 5.64. The lowest BCUT2D eigenvalue weighted by Crippen LogP contribution is -2.50. The minimum absolute atomic E-state index is 0.0190. The van der Waals surface area contributed by atoms with Crippen molar-refractivity contribution in [3.63, 3.8) is 0 Å². The number of halogens is 3. The number of nitrogens with two attached hydrogens (primary N) is 1. The first-order valence-electron chi connectivity index (χ1n) is 7.57. The topological polar surface area (TPSA) is 64.4 Å². The molecule has 0 radical (unpaired) electrons. The van der Waals surface area contributed by atoms with Crippen LogP contribution < -0.4 is 11.1 Å². The summed E-state index contributed by atoms with van der Waals surface area (Å²) in [6, 6.07) is 0.584. The van der Waals surface area contributed by atoms with Gasteiger partial charge in [-0.3, -0.25) is 4.79 Å². The lowest BCUT2D eigenvalue weighted by atomic mass is 9.92. The van der Waals surface area contributed by atoms with E-state index < -0.39 is 23.5 Å². The lowest BCUT2D eigenvalue weighted by molar-refractivity contribution is -0.124. The average molecular weight is 330 g/mol. The summed E-state index contributed by atoms with van der Waals surface area (Å²) in [5, 5.41) is 2.92. The van der Waals surface area contributed by atoms with Crippen molar-refractivity contribution in [2.24, 2.45) is 5.73 Å². The predicted octanol–water partition coefficient (Wildman–Crippen LogP) is 2.05. The fourth-order valence-electron chi connectivity index (χ4n) is 2.65. The van der Waals surface area contributed by atoms with Gasteiger partial charge < -0.3 is 15.8 Å². The molecule has 1 aromatic carbocycles. The monoisotopic (exact) mass is 330 g/mol. The summed E-state index contributed by atoms with van der Waals surface area (Å²) in [5.74, 6) is -3.49. The van der Waals surface area contributed by atoms with Gasteiger partial charge in [-0.05, 0) is 37.8 Å². The van der Waals surface area contributed by atoms with Crippen molar-refractivity contribution >= 4 is 5.91 Å². The quantitative estimate of drug-likeness (QED) is 0.812. The van der Waals surface area contributed by atoms with Crippen molar-refractivity contribution in [1.29, 1.82) is 0 Å². The first-order chi connectivity index (χ1) is 10.8. The van der Waals surface area contributed by atoms with Crippen molar-refractivity contribution in [2.45, 2.75) is 44.2 Å². The highest BCUT2D eigenvalue weighted by molar-refractivity contribution is 5.77. The normalized spacial score (nSPS) is 18.5. The van der Waals surface area contributed by atoms with Crippen LogP contribution in [0.1, 0.15) is 31.7 Å². The fourth-order valence-corrected chi connectivity index (χ4v) is 2.65. The Morgan fingerprint density at radius 3 is 2.52 bits per heavy atom. The number of carbonyl (C=O) groups excluding carboxylic acids is 1. The van der Waals surface area contributed by atoms with E-state index in [1.54, 1.807) is 0 Å². The van der Waals surface area contributed by atoms with Gasteiger partial charge in [-0.2, -0.15) is 0 Å². The molecule has 2 rings (SSSR count). The molecule has 1 aliphatic heterocycles. The first-order valence-corrected chi connectivity index (χ1v) is 7.57. The molecule has 0 unspecified atom stereocenters. The molecule has 1 heterocycles. The van der Waals surface area contributed by atoms with Crippen LogP contribution in [0.3, 0.4) is 0 Å². The van der Waals surface area contributed by atoms with Gasteiger partial charge in [0.2, 0.25) is 5.91 Å². The van der Waals surface area contributed by atoms with Gasteiger partial charge in [-0.15, -0.1) is 0 Å². The molecule has 128 valence electrons. The van der Waals surface area contributed by atoms with Crippen LogP contribution in [0.2, 0.25) is 0 Å². The Hall–Kier alpha value is -1.60. The van der Waals surface area contributed by atoms with Gasteiger partial charge in [0.15, 0.2) is 11.6 Å². The zero-order valence-corrected chi connectivity index (χ0v) is 13.0. The third-order valence-corrected chi connectivity index (χ3v) is 4.06. The number of carbonyl (C=O) groups is 1. The molecule has 1 aliphatic rings. The van der Waals surface area contributed by atoms with E-state index in [0.717, 1.165) is 6.07 Å². The van der Waals surface area contributed by atoms with E-state index in [9.17, 15) is 18.0 Å². The maximum atomic E-state index is 13.6. The van der Waals surface area contributed by atoms with Crippen LogP contribution in [0.5, 0.6) is 0 Å². The maximum Gasteiger partial charge on any atom is 0.221 e. The molecule has 1 atom stereocenters. The number of amides is 1. The molecule has 0 aliphatic carbocycles. The summed E-state index contributed by atoms with van der Waals surface area (Å²) in [6.07, 6.45) is 1.36. The van der Waals surface area contributed by atoms with E-state index in [4.69, 9.17) is 10.5 Å². The van der Waals surface area contributed by atoms with Crippen LogP contribution in [-0.2, 0) is 16.0 Å². The molecular formula is C16H21F3N2O2. The minimum atomic E-state index is -1.25. The second kappa shape index (κ2) is 7.31. The van der Waals surface area contributed by atoms with E-state index in [0.29, 0.717) is 32.1 Å². The molecule has 1 fully saturated rings. The Labute approximate surface area is 133 Å². The summed E-state index contributed by atoms with van der Waals surface area (Å²) in [7, 11) is 0. The molecule has 4 nitrogen and oxygen atoms in total. The third kappa shape index (κ3) is 4.94. The van der Waals surface area contributed by atoms with Crippen LogP contribution in [0.4, 0.5) is 13.2 Å². The SMILES string of the molecule is CC1(NC(=O)C[C@H](N)Cc2cc(F)c(F)cc2F)CCOCC1. The Morgan fingerprint density at radius 2 is 1.87 bits per heavy atom. The Bertz CT molecular complexity index is 575. The van der Waals surface area contributed by atoms with Crippen molar-refractivity contribution in [1.82, 2.24) is 5.32 Å². The third-order valence-electron chi connectivity index (χ3n) is 4.06. The van der Waals surface area contributed by atoms with Gasteiger partial charge in [0, 0.05) is 37.3 Å². The zero-order valence-electron chi connectivity index (χ0n) is 13.0. The van der Waals surface area contributed by atoms with Crippen LogP contribution in [-0.4, -0.2) is 30.7 Å². The molecule has 0 spiro atoms. The van der Waals surface area contributed by atoms with Crippen LogP contribution in [0.15, 0.2) is 12.1 Å². The fraction of sp³-hybridized carbons (Fsp3) is 0.562. The standard InChI is InChI=1S/C16H21F3N2O2/c1-16(2-4-23-5-3-16)21-15(22)8-11(20)6-10-7-13(18)14(19)9-12(10)17/h7,9,11H,2-6,8,20H2,1H3,(H,21,22)/t11-/m1/s1. The number of nitrogens with one attached hydrogen (secondary N) is 1. The molecule has 23 heavy (non-hydrogen) atoms. The highest BCUT2D eigenvalue weighted by Crippen LogP contribution is 2.20. The van der Waals surface area contributed by atoms with Gasteiger partial charge in [-0.1, -0.05) is 0 Å². The van der Waals surface area contributed by atoms with Gasteiger partial charge >= 0.3 is 0 Å². The van der Waals surface area contributed by atoms with Crippen LogP contribution >= 0.6 is 0 Å². The summed E-state index contributed by atoms with van der Waals surface area (Å²) in [5.41, 5.74) is 5.47. The Morgan fingerprint density at radius 1 is 1.26 bits per heavy atom. The van der Waals surface area contributed by atoms with Crippen molar-refractivity contribution in [3.05, 3.63) is 35.1 Å². The first kappa shape index (κ1) is 17.7. The lowest BCUT2D eigenvalue weighted by Gasteiger charge is -2.34. The highest BCUT2D eigenvalue weighted by Gasteiger charge is 2.29. The van der Waals surface area contributed by atoms with Crippen LogP contribution in [0.25, 0.3) is 0 Å². The number of hydrogen-bond acceptors (Lipinski definition) is 3. The van der Waals surface area contributed by atoms with Crippen molar-refractivity contribution in [2.75, 3.05) is 13.2 Å². The van der Waals surface area contributed by atoms with E-state index in [1.165, 1.54) is 0 Å². The van der Waals surface area contributed by atoms with Gasteiger partial charge in [0.1, 0.15) is 5.82 Å². The molecule has 1 aromatic rings. The van der Waals surface area contributed by atoms with E-state index in [2.05, 4.69) is 5.32 Å². The number of ether oxygens (including phenoxy) is 1. The molecular weight excluding hydrogens is 309 g/mol. The van der Waals surface area contributed by atoms with Crippen molar-refractivity contribution < 1.29 is 22.7 Å². The van der Waals surface area contributed by atoms with E-state index in [1.807, 2.05) is 6.92 Å². The minimum Gasteiger partial charge on any atom is -0.381 e. The molecule has 0 saturated carbocycles. The predicted molar refractivity (Wildman–Crippen MR) is 79.2 cm³/mol. The van der Waals surface area contributed by atoms with Crippen LogP contribution in [0, 0.1) is 17.5 Å². The second-order valence-electron chi connectivity index (χ2n) is 6.25. The zero-order chi connectivity index (χ0) is 17.0. The molecule has 1 saturated heterocycles. The van der Waals surface area contributed by atoms with Gasteiger partial charge in [0.05, 0.1) is 0 Å². The number of rotatable bonds is 5. The molecule has 7 heteroatoms. The van der Waals surface area contributed by atoms with Gasteiger partial charge in [0.25, 0.3) is 0 Å². The maximum absolute atomic E-state index is 13.6. The Balaban J connectivity index is 1.90. The summed E-state index contributed by atoms with van der Waals surface area (Å²) < 4.78 is 44.9. The summed E-state index contributed by atoms with van der Waals surface area (Å²) in [4.78, 5) is 12.1. The van der Waals surface area contributed by atoms with E-state index >= 15 is 0 Å². The average Bonchev–Trinajstić information content (AvgIpc) is 2.44. The second-order valence-corrected chi connectivity index (χ2v) is 6.25. The number of benzene rings is 1. The van der Waals surface area contributed by atoms with Gasteiger partial charge in [-0.25, -0.2) is 13.2 Å². The molecule has 3 N–H and O–H groups in total. The molecule has 0 bridgehead atoms. The number of hydrogen-bond donors (Lipinski definition) is 2. The summed E-state index contributed by atoms with van der Waals surface area (Å²) in [6.45, 7) is 3.11. The smallest absolute Gasteiger partial charge is 0.221 e.